The summed E-state index contributed by atoms with van der Waals surface area (Å²) in [5, 5.41) is 9.84. The van der Waals surface area contributed by atoms with E-state index >= 15 is 0 Å². The Hall–Kier alpha value is -1.47. The lowest BCUT2D eigenvalue weighted by Crippen LogP contribution is -2.62. The fourth-order valence-electron chi connectivity index (χ4n) is 6.75. The van der Waals surface area contributed by atoms with Crippen LogP contribution in [0.5, 0.6) is 0 Å². The van der Waals surface area contributed by atoms with Gasteiger partial charge in [-0.3, -0.25) is 14.5 Å². The van der Waals surface area contributed by atoms with Gasteiger partial charge in [0.1, 0.15) is 0 Å². The van der Waals surface area contributed by atoms with Crippen molar-refractivity contribution < 1.29 is 19.5 Å². The molecule has 2 heterocycles. The fraction of sp³-hybridized carbons (Fsp3) is 0.842. The molecule has 0 aromatic heterocycles. The lowest BCUT2D eigenvalue weighted by atomic mass is 9.52. The van der Waals surface area contributed by atoms with Gasteiger partial charge in [0, 0.05) is 13.1 Å². The van der Waals surface area contributed by atoms with Crippen molar-refractivity contribution in [2.45, 2.75) is 63.0 Å². The summed E-state index contributed by atoms with van der Waals surface area (Å²) in [7, 11) is 0. The van der Waals surface area contributed by atoms with Crippen LogP contribution in [-0.2, 0) is 9.59 Å². The first kappa shape index (κ1) is 16.7. The van der Waals surface area contributed by atoms with Crippen molar-refractivity contribution >= 4 is 17.8 Å². The summed E-state index contributed by atoms with van der Waals surface area (Å²) in [6.45, 7) is 1.30. The normalized spacial score (nSPS) is 43.0. The highest BCUT2D eigenvalue weighted by Gasteiger charge is 2.61. The molecular formula is C19H27N3O4. The number of imide groups is 2. The highest BCUT2D eigenvalue weighted by Crippen LogP contribution is 2.58. The Balaban J connectivity index is 1.38. The van der Waals surface area contributed by atoms with E-state index in [-0.39, 0.29) is 6.67 Å². The Morgan fingerprint density at radius 1 is 0.962 bits per heavy atom. The molecule has 4 amide bonds. The molecule has 6 aliphatic rings. The van der Waals surface area contributed by atoms with Crippen molar-refractivity contribution in [2.24, 2.45) is 17.8 Å². The van der Waals surface area contributed by atoms with Crippen LogP contribution in [0.15, 0.2) is 0 Å². The number of amides is 4. The van der Waals surface area contributed by atoms with Crippen molar-refractivity contribution in [2.75, 3.05) is 19.8 Å². The van der Waals surface area contributed by atoms with Crippen molar-refractivity contribution in [3.8, 4) is 0 Å². The van der Waals surface area contributed by atoms with E-state index in [0.29, 0.717) is 24.3 Å². The first-order valence-electron chi connectivity index (χ1n) is 10.1. The second-order valence-electron chi connectivity index (χ2n) is 9.31. The third-order valence-electron chi connectivity index (χ3n) is 7.36. The number of carbonyl (C=O) groups excluding carboxylic acids is 3. The van der Waals surface area contributed by atoms with E-state index in [1.54, 1.807) is 0 Å². The molecule has 4 aliphatic carbocycles. The molecule has 142 valence electrons. The standard InChI is InChI=1S/C19H27N3O4/c23-15-2-1-3-20(10-15)11-21-16(24)17(25)22(18(21)26)19-7-12-4-13(8-19)6-14(5-12)9-19/h12-15,23H,1-11H2/t12?,13?,14?,15-,19?/m0/s1. The average Bonchev–Trinajstić information content (AvgIpc) is 2.78. The van der Waals surface area contributed by atoms with Crippen LogP contribution in [0.4, 0.5) is 4.79 Å². The smallest absolute Gasteiger partial charge is 0.335 e. The first-order chi connectivity index (χ1) is 12.4. The second-order valence-corrected chi connectivity index (χ2v) is 9.31. The molecule has 0 unspecified atom stereocenters. The van der Waals surface area contributed by atoms with E-state index in [9.17, 15) is 19.5 Å². The molecule has 4 bridgehead atoms. The van der Waals surface area contributed by atoms with Gasteiger partial charge in [0.05, 0.1) is 18.3 Å². The van der Waals surface area contributed by atoms with E-state index in [2.05, 4.69) is 0 Å². The highest BCUT2D eigenvalue weighted by molar-refractivity contribution is 6.44. The van der Waals surface area contributed by atoms with Gasteiger partial charge in [0.2, 0.25) is 0 Å². The number of piperidine rings is 1. The van der Waals surface area contributed by atoms with E-state index < -0.39 is 29.5 Å². The molecule has 2 aliphatic heterocycles. The molecule has 1 atom stereocenters. The highest BCUT2D eigenvalue weighted by atomic mass is 16.3. The monoisotopic (exact) mass is 361 g/mol. The van der Waals surface area contributed by atoms with Crippen molar-refractivity contribution in [3.63, 3.8) is 0 Å². The minimum Gasteiger partial charge on any atom is -0.392 e. The van der Waals surface area contributed by atoms with Gasteiger partial charge in [0.25, 0.3) is 0 Å². The summed E-state index contributed by atoms with van der Waals surface area (Å²) >= 11 is 0. The number of likely N-dealkylation sites (tertiary alicyclic amines) is 1. The Morgan fingerprint density at radius 2 is 1.58 bits per heavy atom. The summed E-state index contributed by atoms with van der Waals surface area (Å²) < 4.78 is 0. The summed E-state index contributed by atoms with van der Waals surface area (Å²) in [6.07, 6.45) is 7.45. The van der Waals surface area contributed by atoms with Crippen molar-refractivity contribution in [1.82, 2.24) is 14.7 Å². The topological polar surface area (TPSA) is 81.2 Å². The number of aliphatic hydroxyl groups excluding tert-OH is 1. The lowest BCUT2D eigenvalue weighted by Gasteiger charge is -2.58. The average molecular weight is 361 g/mol. The van der Waals surface area contributed by atoms with Crippen LogP contribution in [0, 0.1) is 17.8 Å². The molecule has 0 spiro atoms. The predicted molar refractivity (Wildman–Crippen MR) is 91.7 cm³/mol. The SMILES string of the molecule is O=C1C(=O)N(C23CC4CC(CC(C4)C2)C3)C(=O)N1CN1CCC[C@H](O)C1. The molecule has 4 saturated carbocycles. The van der Waals surface area contributed by atoms with Gasteiger partial charge in [-0.2, -0.15) is 0 Å². The number of β-amino-alcohol motifs (C(OH)–C–C–N with tert-alkyl or cyclic N) is 1. The molecule has 0 aromatic carbocycles. The predicted octanol–water partition coefficient (Wildman–Crippen LogP) is 1.16. The maximum absolute atomic E-state index is 13.1. The van der Waals surface area contributed by atoms with Crippen LogP contribution in [-0.4, -0.2) is 69.1 Å². The van der Waals surface area contributed by atoms with Crippen LogP contribution >= 0.6 is 0 Å². The van der Waals surface area contributed by atoms with E-state index in [1.165, 1.54) is 24.2 Å². The Bertz CT molecular complexity index is 628. The largest absolute Gasteiger partial charge is 0.392 e. The minimum atomic E-state index is -0.689. The van der Waals surface area contributed by atoms with Gasteiger partial charge in [0.15, 0.2) is 0 Å². The molecule has 0 radical (unpaired) electrons. The van der Waals surface area contributed by atoms with Crippen molar-refractivity contribution in [1.29, 1.82) is 0 Å². The summed E-state index contributed by atoms with van der Waals surface area (Å²) in [5.41, 5.74) is -0.422. The fourth-order valence-corrected chi connectivity index (χ4v) is 6.75. The molecule has 0 aromatic rings. The van der Waals surface area contributed by atoms with Gasteiger partial charge in [-0.05, 0) is 69.1 Å². The quantitative estimate of drug-likeness (QED) is 0.603. The lowest BCUT2D eigenvalue weighted by molar-refractivity contribution is -0.150. The van der Waals surface area contributed by atoms with E-state index in [1.807, 2.05) is 4.90 Å². The van der Waals surface area contributed by atoms with E-state index in [4.69, 9.17) is 0 Å². The van der Waals surface area contributed by atoms with Crippen LogP contribution in [0.25, 0.3) is 0 Å². The molecule has 6 rings (SSSR count). The summed E-state index contributed by atoms with van der Waals surface area (Å²) in [6, 6.07) is -0.429. The summed E-state index contributed by atoms with van der Waals surface area (Å²) in [5.74, 6) is 0.482. The molecule has 1 N–H and O–H groups in total. The summed E-state index contributed by atoms with van der Waals surface area (Å²) in [4.78, 5) is 42.9. The number of nitrogens with zero attached hydrogens (tertiary/aromatic N) is 3. The van der Waals surface area contributed by atoms with Gasteiger partial charge in [-0.25, -0.2) is 14.6 Å². The van der Waals surface area contributed by atoms with E-state index in [0.717, 1.165) is 43.5 Å². The minimum absolute atomic E-state index is 0.114. The van der Waals surface area contributed by atoms with Gasteiger partial charge < -0.3 is 5.11 Å². The van der Waals surface area contributed by atoms with Crippen LogP contribution in [0.1, 0.15) is 51.4 Å². The zero-order valence-corrected chi connectivity index (χ0v) is 15.1. The third kappa shape index (κ3) is 2.43. The number of hydrogen-bond donors (Lipinski definition) is 1. The molecule has 26 heavy (non-hydrogen) atoms. The molecule has 2 saturated heterocycles. The Labute approximate surface area is 153 Å². The van der Waals surface area contributed by atoms with Crippen LogP contribution in [0.3, 0.4) is 0 Å². The molecule has 6 fully saturated rings. The molecular weight excluding hydrogens is 334 g/mol. The van der Waals surface area contributed by atoms with Crippen LogP contribution in [0.2, 0.25) is 0 Å². The Morgan fingerprint density at radius 3 is 2.15 bits per heavy atom. The maximum Gasteiger partial charge on any atom is 0.335 e. The number of rotatable bonds is 3. The number of hydrogen-bond acceptors (Lipinski definition) is 5. The van der Waals surface area contributed by atoms with Crippen molar-refractivity contribution in [3.05, 3.63) is 0 Å². The van der Waals surface area contributed by atoms with Gasteiger partial charge >= 0.3 is 17.8 Å². The zero-order valence-electron chi connectivity index (χ0n) is 15.1. The number of aliphatic hydroxyl groups is 1. The molecule has 7 heteroatoms. The number of carbonyl (C=O) groups is 3. The third-order valence-corrected chi connectivity index (χ3v) is 7.36. The van der Waals surface area contributed by atoms with Gasteiger partial charge in [-0.1, -0.05) is 0 Å². The Kier molecular flexibility index (Phi) is 3.70. The van der Waals surface area contributed by atoms with Gasteiger partial charge in [-0.15, -0.1) is 0 Å². The zero-order chi connectivity index (χ0) is 18.1. The first-order valence-corrected chi connectivity index (χ1v) is 10.1. The van der Waals surface area contributed by atoms with Crippen LogP contribution < -0.4 is 0 Å². The molecule has 7 nitrogen and oxygen atoms in total. The second kappa shape index (κ2) is 5.76. The maximum atomic E-state index is 13.1. The number of urea groups is 1.